The number of methoxy groups -OCH3 is 1. The Labute approximate surface area is 129 Å². The van der Waals surface area contributed by atoms with E-state index in [0.29, 0.717) is 10.8 Å². The highest BCUT2D eigenvalue weighted by Crippen LogP contribution is 2.28. The molecule has 21 heavy (non-hydrogen) atoms. The third-order valence-electron chi connectivity index (χ3n) is 2.95. The van der Waals surface area contributed by atoms with Crippen LogP contribution in [0.3, 0.4) is 0 Å². The van der Waals surface area contributed by atoms with Gasteiger partial charge in [-0.2, -0.15) is 0 Å². The van der Waals surface area contributed by atoms with Gasteiger partial charge < -0.3 is 10.1 Å². The molecule has 1 N–H and O–H groups in total. The monoisotopic (exact) mass is 301 g/mol. The van der Waals surface area contributed by atoms with Crippen LogP contribution in [0.15, 0.2) is 48.5 Å². The van der Waals surface area contributed by atoms with E-state index in [-0.39, 0.29) is 5.91 Å². The van der Waals surface area contributed by atoms with Gasteiger partial charge in [-0.05, 0) is 36.8 Å². The van der Waals surface area contributed by atoms with Crippen LogP contribution in [0.4, 0.5) is 5.69 Å². The van der Waals surface area contributed by atoms with E-state index in [4.69, 9.17) is 16.3 Å². The van der Waals surface area contributed by atoms with Crippen molar-refractivity contribution in [3.8, 4) is 5.75 Å². The fourth-order valence-electron chi connectivity index (χ4n) is 1.80. The fraction of sp³-hybridized carbons (Fsp3) is 0.118. The SMILES string of the molecule is COc1cccc(/C=C/C(=O)Nc2ccc(C)cc2)c1Cl. The average Bonchev–Trinajstić information content (AvgIpc) is 2.48. The number of carbonyl (C=O) groups is 1. The van der Waals surface area contributed by atoms with Crippen LogP contribution in [0, 0.1) is 6.92 Å². The van der Waals surface area contributed by atoms with E-state index in [2.05, 4.69) is 5.32 Å². The first-order chi connectivity index (χ1) is 10.1. The van der Waals surface area contributed by atoms with Gasteiger partial charge in [0.1, 0.15) is 5.75 Å². The van der Waals surface area contributed by atoms with E-state index in [1.165, 1.54) is 6.08 Å². The molecule has 2 aromatic carbocycles. The van der Waals surface area contributed by atoms with Gasteiger partial charge in [0.25, 0.3) is 0 Å². The lowest BCUT2D eigenvalue weighted by atomic mass is 10.2. The number of halogens is 1. The highest BCUT2D eigenvalue weighted by molar-refractivity contribution is 6.33. The first kappa shape index (κ1) is 15.1. The molecule has 0 bridgehead atoms. The number of benzene rings is 2. The van der Waals surface area contributed by atoms with E-state index in [1.54, 1.807) is 19.3 Å². The average molecular weight is 302 g/mol. The number of aryl methyl sites for hydroxylation is 1. The summed E-state index contributed by atoms with van der Waals surface area (Å²) in [4.78, 5) is 11.9. The van der Waals surface area contributed by atoms with Gasteiger partial charge in [0.15, 0.2) is 0 Å². The third-order valence-corrected chi connectivity index (χ3v) is 3.35. The quantitative estimate of drug-likeness (QED) is 0.855. The summed E-state index contributed by atoms with van der Waals surface area (Å²) < 4.78 is 5.13. The molecule has 0 aromatic heterocycles. The highest BCUT2D eigenvalue weighted by atomic mass is 35.5. The predicted molar refractivity (Wildman–Crippen MR) is 86.8 cm³/mol. The van der Waals surface area contributed by atoms with Gasteiger partial charge in [-0.1, -0.05) is 41.4 Å². The van der Waals surface area contributed by atoms with Gasteiger partial charge in [-0.15, -0.1) is 0 Å². The van der Waals surface area contributed by atoms with Crippen molar-refractivity contribution < 1.29 is 9.53 Å². The molecule has 0 aliphatic carbocycles. The van der Waals surface area contributed by atoms with E-state index < -0.39 is 0 Å². The molecule has 0 aliphatic rings. The largest absolute Gasteiger partial charge is 0.495 e. The van der Waals surface area contributed by atoms with E-state index in [0.717, 1.165) is 16.8 Å². The molecule has 0 atom stereocenters. The molecule has 4 heteroatoms. The molecule has 0 heterocycles. The van der Waals surface area contributed by atoms with Gasteiger partial charge >= 0.3 is 0 Å². The summed E-state index contributed by atoms with van der Waals surface area (Å²) in [6, 6.07) is 13.0. The second kappa shape index (κ2) is 6.95. The topological polar surface area (TPSA) is 38.3 Å². The molecule has 0 spiro atoms. The lowest BCUT2D eigenvalue weighted by Crippen LogP contribution is -2.07. The summed E-state index contributed by atoms with van der Waals surface area (Å²) in [5.41, 5.74) is 2.63. The second-order valence-corrected chi connectivity index (χ2v) is 4.93. The number of rotatable bonds is 4. The minimum Gasteiger partial charge on any atom is -0.495 e. The van der Waals surface area contributed by atoms with E-state index in [1.807, 2.05) is 43.3 Å². The van der Waals surface area contributed by atoms with Crippen molar-refractivity contribution >= 4 is 29.3 Å². The van der Waals surface area contributed by atoms with Crippen LogP contribution in [0.2, 0.25) is 5.02 Å². The number of ether oxygens (including phenoxy) is 1. The van der Waals surface area contributed by atoms with Gasteiger partial charge in [0.05, 0.1) is 12.1 Å². The molecule has 0 saturated carbocycles. The van der Waals surface area contributed by atoms with Crippen LogP contribution < -0.4 is 10.1 Å². The van der Waals surface area contributed by atoms with Crippen LogP contribution >= 0.6 is 11.6 Å². The Bertz CT molecular complexity index is 663. The van der Waals surface area contributed by atoms with E-state index >= 15 is 0 Å². The lowest BCUT2D eigenvalue weighted by molar-refractivity contribution is -0.111. The van der Waals surface area contributed by atoms with E-state index in [9.17, 15) is 4.79 Å². The Kier molecular flexibility index (Phi) is 5.01. The van der Waals surface area contributed by atoms with Crippen LogP contribution in [0.5, 0.6) is 5.75 Å². The highest BCUT2D eigenvalue weighted by Gasteiger charge is 2.04. The van der Waals surface area contributed by atoms with Crippen molar-refractivity contribution in [3.63, 3.8) is 0 Å². The number of amides is 1. The van der Waals surface area contributed by atoms with Gasteiger partial charge in [0.2, 0.25) is 5.91 Å². The molecule has 3 nitrogen and oxygen atoms in total. The molecule has 108 valence electrons. The number of hydrogen-bond acceptors (Lipinski definition) is 2. The Morgan fingerprint density at radius 2 is 1.90 bits per heavy atom. The van der Waals surface area contributed by atoms with Crippen LogP contribution in [-0.2, 0) is 4.79 Å². The molecule has 2 rings (SSSR count). The predicted octanol–water partition coefficient (Wildman–Crippen LogP) is 4.31. The summed E-state index contributed by atoms with van der Waals surface area (Å²) in [6.07, 6.45) is 3.11. The van der Waals surface area contributed by atoms with Gasteiger partial charge in [-0.25, -0.2) is 0 Å². The lowest BCUT2D eigenvalue weighted by Gasteiger charge is -2.05. The molecule has 0 saturated heterocycles. The Hall–Kier alpha value is -2.26. The van der Waals surface area contributed by atoms with Gasteiger partial charge in [-0.3, -0.25) is 4.79 Å². The molecule has 0 radical (unpaired) electrons. The zero-order valence-corrected chi connectivity index (χ0v) is 12.6. The van der Waals surface area contributed by atoms with Gasteiger partial charge in [0, 0.05) is 11.8 Å². The van der Waals surface area contributed by atoms with Crippen molar-refractivity contribution in [3.05, 3.63) is 64.7 Å². The smallest absolute Gasteiger partial charge is 0.248 e. The summed E-state index contributed by atoms with van der Waals surface area (Å²) >= 11 is 6.16. The van der Waals surface area contributed by atoms with Crippen LogP contribution in [0.25, 0.3) is 6.08 Å². The minimum absolute atomic E-state index is 0.210. The summed E-state index contributed by atoms with van der Waals surface area (Å²) in [5, 5.41) is 3.27. The maximum atomic E-state index is 11.9. The molecule has 1 amide bonds. The first-order valence-electron chi connectivity index (χ1n) is 6.48. The molecule has 0 aliphatic heterocycles. The third kappa shape index (κ3) is 4.10. The summed E-state index contributed by atoms with van der Waals surface area (Å²) in [6.45, 7) is 2.00. The van der Waals surface area contributed by atoms with Crippen molar-refractivity contribution in [1.82, 2.24) is 0 Å². The summed E-state index contributed by atoms with van der Waals surface area (Å²) in [5.74, 6) is 0.371. The minimum atomic E-state index is -0.210. The maximum absolute atomic E-state index is 11.9. The zero-order valence-electron chi connectivity index (χ0n) is 11.9. The normalized spacial score (nSPS) is 10.6. The molecule has 2 aromatic rings. The second-order valence-electron chi connectivity index (χ2n) is 4.55. The maximum Gasteiger partial charge on any atom is 0.248 e. The summed E-state index contributed by atoms with van der Waals surface area (Å²) in [7, 11) is 1.55. The van der Waals surface area contributed by atoms with Crippen molar-refractivity contribution in [2.75, 3.05) is 12.4 Å². The number of hydrogen-bond donors (Lipinski definition) is 1. The zero-order chi connectivity index (χ0) is 15.2. The molecule has 0 unspecified atom stereocenters. The standard InChI is InChI=1S/C17H16ClNO2/c1-12-6-9-14(10-7-12)19-16(20)11-8-13-4-3-5-15(21-2)17(13)18/h3-11H,1-2H3,(H,19,20)/b11-8+. The Morgan fingerprint density at radius 3 is 2.57 bits per heavy atom. The molecular formula is C17H16ClNO2. The fourth-order valence-corrected chi connectivity index (χ4v) is 2.07. The van der Waals surface area contributed by atoms with Crippen LogP contribution in [0.1, 0.15) is 11.1 Å². The number of anilines is 1. The first-order valence-corrected chi connectivity index (χ1v) is 6.86. The number of carbonyl (C=O) groups excluding carboxylic acids is 1. The van der Waals surface area contributed by atoms with Crippen molar-refractivity contribution in [2.24, 2.45) is 0 Å². The van der Waals surface area contributed by atoms with Crippen molar-refractivity contribution in [1.29, 1.82) is 0 Å². The molecular weight excluding hydrogens is 286 g/mol. The van der Waals surface area contributed by atoms with Crippen LogP contribution in [-0.4, -0.2) is 13.0 Å². The van der Waals surface area contributed by atoms with Crippen molar-refractivity contribution in [2.45, 2.75) is 6.92 Å². The Morgan fingerprint density at radius 1 is 1.19 bits per heavy atom. The molecule has 0 fully saturated rings. The Balaban J connectivity index is 2.07. The number of nitrogens with one attached hydrogen (secondary N) is 1.